The maximum absolute atomic E-state index is 12.1. The highest BCUT2D eigenvalue weighted by molar-refractivity contribution is 5.79. The number of hydrogen-bond acceptors (Lipinski definition) is 3. The molecule has 1 aliphatic heterocycles. The van der Waals surface area contributed by atoms with Gasteiger partial charge in [0.15, 0.2) is 0 Å². The van der Waals surface area contributed by atoms with Crippen molar-refractivity contribution in [1.82, 2.24) is 5.32 Å². The number of aliphatic hydroxyl groups is 1. The molecule has 0 saturated heterocycles. The van der Waals surface area contributed by atoms with Crippen LogP contribution in [-0.2, 0) is 11.2 Å². The van der Waals surface area contributed by atoms with Crippen LogP contribution in [0.15, 0.2) is 24.3 Å². The fourth-order valence-electron chi connectivity index (χ4n) is 3.56. The summed E-state index contributed by atoms with van der Waals surface area (Å²) in [6, 6.07) is 8.75. The molecule has 1 aromatic rings. The second-order valence-corrected chi connectivity index (χ2v) is 6.27. The van der Waals surface area contributed by atoms with E-state index >= 15 is 0 Å². The molecule has 4 nitrogen and oxygen atoms in total. The smallest absolute Gasteiger partial charge is 0.225 e. The number of carbonyl (C=O) groups excluding carboxylic acids is 1. The maximum Gasteiger partial charge on any atom is 0.225 e. The number of aliphatic hydroxyl groups excluding tert-OH is 1. The predicted octanol–water partition coefficient (Wildman–Crippen LogP) is 1.71. The number of anilines is 1. The molecule has 0 aromatic heterocycles. The number of benzene rings is 1. The highest BCUT2D eigenvalue weighted by Gasteiger charge is 2.32. The van der Waals surface area contributed by atoms with Crippen molar-refractivity contribution in [2.24, 2.45) is 5.92 Å². The third-order valence-corrected chi connectivity index (χ3v) is 4.84. The Morgan fingerprint density at radius 1 is 1.43 bits per heavy atom. The highest BCUT2D eigenvalue weighted by atomic mass is 16.3. The van der Waals surface area contributed by atoms with E-state index in [0.29, 0.717) is 6.54 Å². The molecule has 0 spiro atoms. The van der Waals surface area contributed by atoms with Crippen LogP contribution < -0.4 is 10.2 Å². The summed E-state index contributed by atoms with van der Waals surface area (Å²) in [6.07, 6.45) is 3.15. The second kappa shape index (κ2) is 6.06. The molecule has 1 saturated carbocycles. The summed E-state index contributed by atoms with van der Waals surface area (Å²) >= 11 is 0. The third-order valence-electron chi connectivity index (χ3n) is 4.84. The molecule has 3 atom stereocenters. The van der Waals surface area contributed by atoms with Gasteiger partial charge in [-0.05, 0) is 44.2 Å². The number of para-hydroxylation sites is 1. The second-order valence-electron chi connectivity index (χ2n) is 6.27. The normalized spacial score (nSPS) is 25.7. The van der Waals surface area contributed by atoms with Crippen molar-refractivity contribution < 1.29 is 9.90 Å². The van der Waals surface area contributed by atoms with E-state index in [0.717, 1.165) is 32.2 Å². The minimum absolute atomic E-state index is 0.0133. The summed E-state index contributed by atoms with van der Waals surface area (Å²) in [5.41, 5.74) is 2.68. The first-order valence-corrected chi connectivity index (χ1v) is 7.97. The van der Waals surface area contributed by atoms with Crippen LogP contribution in [0, 0.1) is 5.92 Å². The van der Waals surface area contributed by atoms with Crippen molar-refractivity contribution in [3.05, 3.63) is 29.8 Å². The van der Waals surface area contributed by atoms with Crippen LogP contribution in [0.5, 0.6) is 0 Å². The molecule has 21 heavy (non-hydrogen) atoms. The zero-order valence-electron chi connectivity index (χ0n) is 12.6. The van der Waals surface area contributed by atoms with E-state index in [1.54, 1.807) is 0 Å². The Labute approximate surface area is 126 Å². The Bertz CT molecular complexity index is 517. The Balaban J connectivity index is 1.55. The van der Waals surface area contributed by atoms with Gasteiger partial charge in [0, 0.05) is 24.8 Å². The number of nitrogens with one attached hydrogen (secondary N) is 1. The molecule has 0 bridgehead atoms. The Hall–Kier alpha value is -1.55. The van der Waals surface area contributed by atoms with Gasteiger partial charge in [-0.25, -0.2) is 0 Å². The van der Waals surface area contributed by atoms with Gasteiger partial charge in [0.1, 0.15) is 0 Å². The molecular weight excluding hydrogens is 264 g/mol. The van der Waals surface area contributed by atoms with E-state index in [4.69, 9.17) is 0 Å². The highest BCUT2D eigenvalue weighted by Crippen LogP contribution is 2.29. The van der Waals surface area contributed by atoms with Crippen molar-refractivity contribution in [2.45, 2.75) is 44.8 Å². The molecule has 1 amide bonds. The third kappa shape index (κ3) is 2.91. The first-order chi connectivity index (χ1) is 10.2. The lowest BCUT2D eigenvalue weighted by Gasteiger charge is -2.28. The summed E-state index contributed by atoms with van der Waals surface area (Å²) in [4.78, 5) is 14.5. The molecule has 1 aromatic carbocycles. The number of hydrogen-bond donors (Lipinski definition) is 2. The van der Waals surface area contributed by atoms with Crippen molar-refractivity contribution in [3.8, 4) is 0 Å². The summed E-state index contributed by atoms with van der Waals surface area (Å²) in [6.45, 7) is 3.80. The number of fused-ring (bicyclic) bond motifs is 1. The van der Waals surface area contributed by atoms with E-state index in [1.807, 2.05) is 0 Å². The molecule has 3 rings (SSSR count). The standard InChI is InChI=1S/C17H24N2O2/c1-12(11-18-17(21)14-6-4-8-16(14)20)19-10-9-13-5-2-3-7-15(13)19/h2-3,5,7,12,14,16,20H,4,6,8-11H2,1H3,(H,18,21). The average molecular weight is 288 g/mol. The molecule has 1 fully saturated rings. The van der Waals surface area contributed by atoms with Gasteiger partial charge in [-0.1, -0.05) is 18.2 Å². The van der Waals surface area contributed by atoms with E-state index in [-0.39, 0.29) is 17.9 Å². The topological polar surface area (TPSA) is 52.6 Å². The minimum Gasteiger partial charge on any atom is -0.392 e. The van der Waals surface area contributed by atoms with Crippen molar-refractivity contribution in [2.75, 3.05) is 18.0 Å². The quantitative estimate of drug-likeness (QED) is 0.887. The number of rotatable bonds is 4. The lowest BCUT2D eigenvalue weighted by Crippen LogP contribution is -2.44. The number of amides is 1. The van der Waals surface area contributed by atoms with Crippen LogP contribution in [-0.4, -0.2) is 36.2 Å². The monoisotopic (exact) mass is 288 g/mol. The van der Waals surface area contributed by atoms with Gasteiger partial charge in [0.25, 0.3) is 0 Å². The van der Waals surface area contributed by atoms with Gasteiger partial charge < -0.3 is 15.3 Å². The molecule has 1 aliphatic carbocycles. The van der Waals surface area contributed by atoms with Gasteiger partial charge >= 0.3 is 0 Å². The van der Waals surface area contributed by atoms with Crippen molar-refractivity contribution >= 4 is 11.6 Å². The SMILES string of the molecule is CC(CNC(=O)C1CCCC1O)N1CCc2ccccc21. The minimum atomic E-state index is -0.451. The van der Waals surface area contributed by atoms with E-state index < -0.39 is 6.10 Å². The van der Waals surface area contributed by atoms with Crippen LogP contribution >= 0.6 is 0 Å². The fraction of sp³-hybridized carbons (Fsp3) is 0.588. The van der Waals surface area contributed by atoms with Crippen LogP contribution in [0.2, 0.25) is 0 Å². The molecule has 114 valence electrons. The van der Waals surface area contributed by atoms with Gasteiger partial charge in [-0.2, -0.15) is 0 Å². The van der Waals surface area contributed by atoms with Crippen molar-refractivity contribution in [3.63, 3.8) is 0 Å². The summed E-state index contributed by atoms with van der Waals surface area (Å²) < 4.78 is 0. The molecule has 3 unspecified atom stereocenters. The first kappa shape index (κ1) is 14.4. The summed E-state index contributed by atoms with van der Waals surface area (Å²) in [5, 5.41) is 12.8. The van der Waals surface area contributed by atoms with Gasteiger partial charge in [-0.15, -0.1) is 0 Å². The lowest BCUT2D eigenvalue weighted by molar-refractivity contribution is -0.127. The predicted molar refractivity (Wildman–Crippen MR) is 83.3 cm³/mol. The van der Waals surface area contributed by atoms with Crippen LogP contribution in [0.3, 0.4) is 0 Å². The van der Waals surface area contributed by atoms with E-state index in [2.05, 4.69) is 41.4 Å². The summed E-state index contributed by atoms with van der Waals surface area (Å²) in [5.74, 6) is -0.192. The van der Waals surface area contributed by atoms with Crippen LogP contribution in [0.1, 0.15) is 31.7 Å². The van der Waals surface area contributed by atoms with Crippen LogP contribution in [0.4, 0.5) is 5.69 Å². The maximum atomic E-state index is 12.1. The Kier molecular flexibility index (Phi) is 4.15. The molecule has 2 N–H and O–H groups in total. The number of carbonyl (C=O) groups is 1. The largest absolute Gasteiger partial charge is 0.392 e. The lowest BCUT2D eigenvalue weighted by atomic mass is 10.1. The summed E-state index contributed by atoms with van der Waals surface area (Å²) in [7, 11) is 0. The molecule has 4 heteroatoms. The van der Waals surface area contributed by atoms with Crippen molar-refractivity contribution in [1.29, 1.82) is 0 Å². The Morgan fingerprint density at radius 2 is 2.24 bits per heavy atom. The van der Waals surface area contributed by atoms with Gasteiger partial charge in [0.2, 0.25) is 5.91 Å². The molecule has 2 aliphatic rings. The zero-order chi connectivity index (χ0) is 14.8. The van der Waals surface area contributed by atoms with E-state index in [1.165, 1.54) is 11.3 Å². The number of nitrogens with zero attached hydrogens (tertiary/aromatic N) is 1. The van der Waals surface area contributed by atoms with Gasteiger partial charge in [-0.3, -0.25) is 4.79 Å². The van der Waals surface area contributed by atoms with Crippen LogP contribution in [0.25, 0.3) is 0 Å². The van der Waals surface area contributed by atoms with Gasteiger partial charge in [0.05, 0.1) is 12.0 Å². The molecule has 0 radical (unpaired) electrons. The van der Waals surface area contributed by atoms with E-state index in [9.17, 15) is 9.90 Å². The first-order valence-electron chi connectivity index (χ1n) is 7.97. The molecule has 1 heterocycles. The Morgan fingerprint density at radius 3 is 3.00 bits per heavy atom. The average Bonchev–Trinajstić information content (AvgIpc) is 3.10. The molecular formula is C17H24N2O2. The zero-order valence-corrected chi connectivity index (χ0v) is 12.6. The fourth-order valence-corrected chi connectivity index (χ4v) is 3.56.